The largest absolute Gasteiger partial charge is 0.160 e. The second-order valence-electron chi connectivity index (χ2n) is 2.96. The molecule has 2 rings (SSSR count). The third-order valence-corrected chi connectivity index (χ3v) is 11.2. The number of thioether (sulfide) groups is 4. The van der Waals surface area contributed by atoms with Crippen LogP contribution in [-0.2, 0) is 0 Å². The van der Waals surface area contributed by atoms with Crippen LogP contribution in [0.15, 0.2) is 0 Å². The van der Waals surface area contributed by atoms with Gasteiger partial charge in [0, 0.05) is 39.1 Å². The molecule has 0 N–H and O–H groups in total. The van der Waals surface area contributed by atoms with Crippen molar-refractivity contribution in [2.45, 2.75) is 9.83 Å². The van der Waals surface area contributed by atoms with Crippen LogP contribution < -0.4 is 0 Å². The lowest BCUT2D eigenvalue weighted by atomic mass is 10.5. The zero-order valence-corrected chi connectivity index (χ0v) is 12.7. The van der Waals surface area contributed by atoms with Crippen molar-refractivity contribution in [1.82, 2.24) is 0 Å². The van der Waals surface area contributed by atoms with E-state index in [0.29, 0.717) is 0 Å². The maximum Gasteiger partial charge on any atom is 0.0645 e. The highest BCUT2D eigenvalue weighted by Crippen LogP contribution is 2.44. The molecule has 0 aromatic heterocycles. The standard InChI is InChI=1S/C8H14S6/c1-3-11-8(12-6-10-1)7-5-9-2-4-13-14-7/h7-8H,1-6H2. The monoisotopic (exact) mass is 302 g/mol. The first-order valence-corrected chi connectivity index (χ1v) is 11.4. The van der Waals surface area contributed by atoms with Crippen molar-refractivity contribution in [2.75, 3.05) is 33.8 Å². The molecule has 2 atom stereocenters. The third kappa shape index (κ3) is 4.17. The van der Waals surface area contributed by atoms with E-state index >= 15 is 0 Å². The van der Waals surface area contributed by atoms with Gasteiger partial charge in [-0.3, -0.25) is 0 Å². The first kappa shape index (κ1) is 12.6. The molecule has 0 saturated carbocycles. The second kappa shape index (κ2) is 7.43. The number of rotatable bonds is 1. The van der Waals surface area contributed by atoms with Crippen LogP contribution in [0.4, 0.5) is 0 Å². The minimum Gasteiger partial charge on any atom is -0.160 e. The van der Waals surface area contributed by atoms with Crippen LogP contribution in [0.5, 0.6) is 0 Å². The number of hydrogen-bond acceptors (Lipinski definition) is 6. The highest BCUT2D eigenvalue weighted by molar-refractivity contribution is 8.77. The van der Waals surface area contributed by atoms with E-state index in [4.69, 9.17) is 0 Å². The highest BCUT2D eigenvalue weighted by atomic mass is 33.1. The second-order valence-corrected chi connectivity index (χ2v) is 11.0. The summed E-state index contributed by atoms with van der Waals surface area (Å²) in [6.07, 6.45) is 0. The zero-order chi connectivity index (χ0) is 9.64. The van der Waals surface area contributed by atoms with Crippen LogP contribution in [0.25, 0.3) is 0 Å². The SMILES string of the molecule is C1CSC(C2CSCCSS2)SCS1. The van der Waals surface area contributed by atoms with Gasteiger partial charge in [-0.1, -0.05) is 21.6 Å². The lowest BCUT2D eigenvalue weighted by Gasteiger charge is -2.21. The Balaban J connectivity index is 1.83. The Morgan fingerprint density at radius 1 is 0.857 bits per heavy atom. The molecule has 2 fully saturated rings. The molecule has 0 aromatic carbocycles. The van der Waals surface area contributed by atoms with Crippen LogP contribution in [0.1, 0.15) is 0 Å². The highest BCUT2D eigenvalue weighted by Gasteiger charge is 2.26. The van der Waals surface area contributed by atoms with Crippen molar-refractivity contribution in [3.63, 3.8) is 0 Å². The van der Waals surface area contributed by atoms with E-state index < -0.39 is 0 Å². The van der Waals surface area contributed by atoms with Crippen molar-refractivity contribution in [2.24, 2.45) is 0 Å². The molecule has 0 spiro atoms. The summed E-state index contributed by atoms with van der Waals surface area (Å²) in [6, 6.07) is 0. The lowest BCUT2D eigenvalue weighted by molar-refractivity contribution is 1.11. The Labute approximate surface area is 111 Å². The summed E-state index contributed by atoms with van der Waals surface area (Å²) < 4.78 is 0.855. The van der Waals surface area contributed by atoms with Gasteiger partial charge in [0.05, 0.1) is 4.58 Å². The average molecular weight is 303 g/mol. The Morgan fingerprint density at radius 2 is 1.79 bits per heavy atom. The molecule has 2 saturated heterocycles. The van der Waals surface area contributed by atoms with Crippen molar-refractivity contribution < 1.29 is 0 Å². The molecule has 2 aliphatic heterocycles. The summed E-state index contributed by atoms with van der Waals surface area (Å²) in [6.45, 7) is 0. The Bertz CT molecular complexity index is 130. The average Bonchev–Trinajstić information content (AvgIpc) is 2.62. The fourth-order valence-electron chi connectivity index (χ4n) is 1.24. The fraction of sp³-hybridized carbons (Fsp3) is 1.00. The Morgan fingerprint density at radius 3 is 2.79 bits per heavy atom. The van der Waals surface area contributed by atoms with Gasteiger partial charge in [-0.05, 0) is 0 Å². The molecule has 2 unspecified atom stereocenters. The van der Waals surface area contributed by atoms with Crippen LogP contribution in [0.2, 0.25) is 0 Å². The van der Waals surface area contributed by atoms with E-state index in [1.165, 1.54) is 33.8 Å². The van der Waals surface area contributed by atoms with Gasteiger partial charge in [0.25, 0.3) is 0 Å². The topological polar surface area (TPSA) is 0 Å². The van der Waals surface area contributed by atoms with Crippen LogP contribution >= 0.6 is 68.6 Å². The van der Waals surface area contributed by atoms with Crippen molar-refractivity contribution >= 4 is 68.6 Å². The van der Waals surface area contributed by atoms with Crippen molar-refractivity contribution in [3.05, 3.63) is 0 Å². The molecule has 0 nitrogen and oxygen atoms in total. The van der Waals surface area contributed by atoms with E-state index in [-0.39, 0.29) is 0 Å². The van der Waals surface area contributed by atoms with Gasteiger partial charge in [-0.15, -0.1) is 23.5 Å². The van der Waals surface area contributed by atoms with E-state index in [0.717, 1.165) is 9.83 Å². The van der Waals surface area contributed by atoms with Crippen LogP contribution in [-0.4, -0.2) is 43.7 Å². The van der Waals surface area contributed by atoms with Gasteiger partial charge < -0.3 is 0 Å². The minimum atomic E-state index is 0.855. The van der Waals surface area contributed by atoms with Gasteiger partial charge in [0.15, 0.2) is 0 Å². The lowest BCUT2D eigenvalue weighted by Crippen LogP contribution is -2.18. The van der Waals surface area contributed by atoms with E-state index in [1.54, 1.807) is 0 Å². The molecule has 0 radical (unpaired) electrons. The van der Waals surface area contributed by atoms with Crippen molar-refractivity contribution in [1.29, 1.82) is 0 Å². The first-order chi connectivity index (χ1) is 6.97. The predicted molar refractivity (Wildman–Crippen MR) is 82.3 cm³/mol. The predicted octanol–water partition coefficient (Wildman–Crippen LogP) is 3.98. The third-order valence-electron chi connectivity index (χ3n) is 1.91. The van der Waals surface area contributed by atoms with Crippen molar-refractivity contribution in [3.8, 4) is 0 Å². The molecule has 0 amide bonds. The van der Waals surface area contributed by atoms with Gasteiger partial charge >= 0.3 is 0 Å². The summed E-state index contributed by atoms with van der Waals surface area (Å²) in [4.78, 5) is 0. The molecule has 0 bridgehead atoms. The van der Waals surface area contributed by atoms with Gasteiger partial charge in [-0.25, -0.2) is 0 Å². The van der Waals surface area contributed by atoms with Gasteiger partial charge in [0.1, 0.15) is 0 Å². The zero-order valence-electron chi connectivity index (χ0n) is 7.85. The summed E-state index contributed by atoms with van der Waals surface area (Å²) in [5, 5.41) is 2.19. The molecule has 14 heavy (non-hydrogen) atoms. The maximum absolute atomic E-state index is 2.19. The smallest absolute Gasteiger partial charge is 0.0645 e. The normalized spacial score (nSPS) is 36.0. The first-order valence-electron chi connectivity index (χ1n) is 4.64. The summed E-state index contributed by atoms with van der Waals surface area (Å²) in [5.74, 6) is 6.77. The number of hydrogen-bond donors (Lipinski definition) is 0. The van der Waals surface area contributed by atoms with Crippen LogP contribution in [0.3, 0.4) is 0 Å². The van der Waals surface area contributed by atoms with Gasteiger partial charge in [-0.2, -0.15) is 23.5 Å². The van der Waals surface area contributed by atoms with E-state index in [9.17, 15) is 0 Å². The van der Waals surface area contributed by atoms with Gasteiger partial charge in [0.2, 0.25) is 0 Å². The quantitative estimate of drug-likeness (QED) is 0.667. The molecule has 82 valence electrons. The molecule has 2 heterocycles. The Hall–Kier alpha value is 2.10. The fourth-order valence-corrected chi connectivity index (χ4v) is 11.5. The molecular weight excluding hydrogens is 288 g/mol. The van der Waals surface area contributed by atoms with E-state index in [2.05, 4.69) is 68.6 Å². The van der Waals surface area contributed by atoms with Crippen LogP contribution in [0, 0.1) is 0 Å². The molecule has 0 aromatic rings. The molecule has 6 heteroatoms. The maximum atomic E-state index is 2.19. The van der Waals surface area contributed by atoms with E-state index in [1.807, 2.05) is 0 Å². The minimum absolute atomic E-state index is 0.855. The summed E-state index contributed by atoms with van der Waals surface area (Å²) in [7, 11) is 4.23. The molecule has 0 aliphatic carbocycles. The summed E-state index contributed by atoms with van der Waals surface area (Å²) >= 11 is 8.63. The Kier molecular flexibility index (Phi) is 6.66. The molecular formula is C8H14S6. The molecule has 2 aliphatic rings. The summed E-state index contributed by atoms with van der Waals surface area (Å²) in [5.41, 5.74) is 0.